The van der Waals surface area contributed by atoms with E-state index < -0.39 is 0 Å². The van der Waals surface area contributed by atoms with E-state index in [1.807, 2.05) is 49.4 Å². The maximum absolute atomic E-state index is 12.4. The quantitative estimate of drug-likeness (QED) is 0.847. The van der Waals surface area contributed by atoms with Gasteiger partial charge in [0.2, 0.25) is 5.91 Å². The fourth-order valence-corrected chi connectivity index (χ4v) is 3.38. The van der Waals surface area contributed by atoms with E-state index >= 15 is 0 Å². The summed E-state index contributed by atoms with van der Waals surface area (Å²) in [5.41, 5.74) is 2.22. The molecule has 0 fully saturated rings. The van der Waals surface area contributed by atoms with Crippen LogP contribution >= 0.6 is 0 Å². The second-order valence-corrected chi connectivity index (χ2v) is 6.88. The molecule has 0 bridgehead atoms. The van der Waals surface area contributed by atoms with E-state index in [0.717, 1.165) is 48.7 Å². The number of nitrogens with one attached hydrogen (secondary N) is 1. The van der Waals surface area contributed by atoms with Gasteiger partial charge >= 0.3 is 0 Å². The molecule has 2 aromatic rings. The van der Waals surface area contributed by atoms with Gasteiger partial charge in [-0.2, -0.15) is 0 Å². The van der Waals surface area contributed by atoms with Crippen LogP contribution in [0.2, 0.25) is 0 Å². The lowest BCUT2D eigenvalue weighted by molar-refractivity contribution is -0.122. The highest BCUT2D eigenvalue weighted by atomic mass is 16.5. The molecule has 27 heavy (non-hydrogen) atoms. The Balaban J connectivity index is 1.56. The fraction of sp³-hybridized carbons (Fsp3) is 0.409. The van der Waals surface area contributed by atoms with Gasteiger partial charge in [0.15, 0.2) is 11.5 Å². The van der Waals surface area contributed by atoms with Crippen LogP contribution in [0.4, 0.5) is 0 Å². The summed E-state index contributed by atoms with van der Waals surface area (Å²) in [6.07, 6.45) is 1.41. The lowest BCUT2D eigenvalue weighted by atomic mass is 10.1. The summed E-state index contributed by atoms with van der Waals surface area (Å²) in [5, 5.41) is 3.09. The van der Waals surface area contributed by atoms with Crippen LogP contribution in [0.15, 0.2) is 48.5 Å². The zero-order valence-electron chi connectivity index (χ0n) is 16.1. The van der Waals surface area contributed by atoms with Gasteiger partial charge in [-0.1, -0.05) is 42.5 Å². The number of para-hydroxylation sites is 1. The number of nitrogens with zero attached hydrogens (tertiary/aromatic N) is 1. The molecule has 0 spiro atoms. The van der Waals surface area contributed by atoms with Gasteiger partial charge in [0, 0.05) is 31.6 Å². The van der Waals surface area contributed by atoms with Gasteiger partial charge in [-0.15, -0.1) is 0 Å². The third kappa shape index (κ3) is 5.23. The number of benzene rings is 2. The molecule has 5 nitrogen and oxygen atoms in total. The topological polar surface area (TPSA) is 50.8 Å². The highest BCUT2D eigenvalue weighted by Gasteiger charge is 2.18. The number of amides is 1. The predicted octanol–water partition coefficient (Wildman–Crippen LogP) is 3.55. The van der Waals surface area contributed by atoms with Crippen LogP contribution in [-0.4, -0.2) is 37.6 Å². The van der Waals surface area contributed by atoms with E-state index in [-0.39, 0.29) is 11.9 Å². The number of methoxy groups -OCH3 is 1. The molecule has 0 aliphatic carbocycles. The normalized spacial score (nSPS) is 15.6. The number of fused-ring (bicyclic) bond motifs is 1. The Morgan fingerprint density at radius 3 is 2.81 bits per heavy atom. The first-order chi connectivity index (χ1) is 13.2. The second-order valence-electron chi connectivity index (χ2n) is 6.88. The maximum atomic E-state index is 12.4. The van der Waals surface area contributed by atoms with Gasteiger partial charge in [0.25, 0.3) is 0 Å². The van der Waals surface area contributed by atoms with Crippen molar-refractivity contribution in [3.8, 4) is 11.5 Å². The average molecular weight is 368 g/mol. The van der Waals surface area contributed by atoms with Crippen LogP contribution in [0, 0.1) is 0 Å². The molecule has 0 saturated heterocycles. The van der Waals surface area contributed by atoms with Crippen molar-refractivity contribution in [2.45, 2.75) is 32.4 Å². The minimum absolute atomic E-state index is 0.0180. The van der Waals surface area contributed by atoms with Crippen LogP contribution in [0.25, 0.3) is 0 Å². The van der Waals surface area contributed by atoms with Crippen molar-refractivity contribution in [3.05, 3.63) is 59.7 Å². The molecule has 1 aliphatic rings. The number of hydrogen-bond acceptors (Lipinski definition) is 4. The molecule has 5 heteroatoms. The SMILES string of the molecule is COc1cccc2c1OCCCN(CCC(=O)NC(C)c1ccccc1)C2. The van der Waals surface area contributed by atoms with E-state index in [0.29, 0.717) is 13.0 Å². The molecule has 0 saturated carbocycles. The van der Waals surface area contributed by atoms with E-state index in [4.69, 9.17) is 9.47 Å². The third-order valence-electron chi connectivity index (χ3n) is 4.87. The van der Waals surface area contributed by atoms with Crippen LogP contribution in [-0.2, 0) is 11.3 Å². The first-order valence-corrected chi connectivity index (χ1v) is 9.52. The van der Waals surface area contributed by atoms with E-state index in [2.05, 4.69) is 16.3 Å². The molecule has 0 aromatic heterocycles. The highest BCUT2D eigenvalue weighted by Crippen LogP contribution is 2.33. The van der Waals surface area contributed by atoms with Crippen molar-refractivity contribution in [2.24, 2.45) is 0 Å². The fourth-order valence-electron chi connectivity index (χ4n) is 3.38. The second kappa shape index (κ2) is 9.42. The van der Waals surface area contributed by atoms with Crippen LogP contribution in [0.1, 0.15) is 36.9 Å². The summed E-state index contributed by atoms with van der Waals surface area (Å²) in [6, 6.07) is 16.0. The van der Waals surface area contributed by atoms with Gasteiger partial charge in [-0.05, 0) is 25.0 Å². The molecule has 1 atom stereocenters. The van der Waals surface area contributed by atoms with Crippen LogP contribution < -0.4 is 14.8 Å². The molecule has 1 heterocycles. The summed E-state index contributed by atoms with van der Waals surface area (Å²) in [4.78, 5) is 14.7. The third-order valence-corrected chi connectivity index (χ3v) is 4.87. The predicted molar refractivity (Wildman–Crippen MR) is 106 cm³/mol. The van der Waals surface area contributed by atoms with Crippen molar-refractivity contribution < 1.29 is 14.3 Å². The molecule has 1 aliphatic heterocycles. The Kier molecular flexibility index (Phi) is 6.71. The Hall–Kier alpha value is -2.53. The maximum Gasteiger partial charge on any atom is 0.221 e. The molecule has 1 amide bonds. The molecule has 3 rings (SSSR count). The van der Waals surface area contributed by atoms with E-state index in [1.54, 1.807) is 7.11 Å². The summed E-state index contributed by atoms with van der Waals surface area (Å²) in [6.45, 7) is 5.07. The van der Waals surface area contributed by atoms with Crippen LogP contribution in [0.5, 0.6) is 11.5 Å². The molecule has 0 radical (unpaired) electrons. The zero-order valence-corrected chi connectivity index (χ0v) is 16.1. The summed E-state index contributed by atoms with van der Waals surface area (Å²) in [5.74, 6) is 1.67. The van der Waals surface area contributed by atoms with Crippen molar-refractivity contribution in [3.63, 3.8) is 0 Å². The molecule has 144 valence electrons. The monoisotopic (exact) mass is 368 g/mol. The summed E-state index contributed by atoms with van der Waals surface area (Å²) >= 11 is 0. The Morgan fingerprint density at radius 1 is 1.22 bits per heavy atom. The van der Waals surface area contributed by atoms with Crippen molar-refractivity contribution in [2.75, 3.05) is 26.8 Å². The molecule has 1 N–H and O–H groups in total. The molecular formula is C22H28N2O3. The van der Waals surface area contributed by atoms with Crippen molar-refractivity contribution >= 4 is 5.91 Å². The number of ether oxygens (including phenoxy) is 2. The number of hydrogen-bond donors (Lipinski definition) is 1. The molecule has 2 aromatic carbocycles. The van der Waals surface area contributed by atoms with E-state index in [1.165, 1.54) is 0 Å². The Labute approximate surface area is 161 Å². The van der Waals surface area contributed by atoms with Gasteiger partial charge in [-0.3, -0.25) is 9.69 Å². The van der Waals surface area contributed by atoms with Gasteiger partial charge in [0.1, 0.15) is 0 Å². The zero-order chi connectivity index (χ0) is 19.1. The first kappa shape index (κ1) is 19.2. The minimum Gasteiger partial charge on any atom is -0.493 e. The number of carbonyl (C=O) groups excluding carboxylic acids is 1. The number of rotatable bonds is 6. The largest absolute Gasteiger partial charge is 0.493 e. The average Bonchev–Trinajstić information content (AvgIpc) is 2.67. The first-order valence-electron chi connectivity index (χ1n) is 9.52. The number of carbonyl (C=O) groups is 1. The lowest BCUT2D eigenvalue weighted by Crippen LogP contribution is -2.33. The smallest absolute Gasteiger partial charge is 0.221 e. The van der Waals surface area contributed by atoms with Crippen molar-refractivity contribution in [1.29, 1.82) is 0 Å². The summed E-state index contributed by atoms with van der Waals surface area (Å²) < 4.78 is 11.3. The standard InChI is InChI=1S/C22H28N2O3/c1-17(18-8-4-3-5-9-18)23-21(25)12-14-24-13-7-15-27-22-19(16-24)10-6-11-20(22)26-2/h3-6,8-11,17H,7,12-16H2,1-2H3,(H,23,25). The minimum atomic E-state index is 0.0180. The Bertz CT molecular complexity index is 748. The molecular weight excluding hydrogens is 340 g/mol. The summed E-state index contributed by atoms with van der Waals surface area (Å²) in [7, 11) is 1.66. The lowest BCUT2D eigenvalue weighted by Gasteiger charge is -2.27. The van der Waals surface area contributed by atoms with Gasteiger partial charge < -0.3 is 14.8 Å². The van der Waals surface area contributed by atoms with Crippen LogP contribution in [0.3, 0.4) is 0 Å². The molecule has 1 unspecified atom stereocenters. The highest BCUT2D eigenvalue weighted by molar-refractivity contribution is 5.76. The van der Waals surface area contributed by atoms with Gasteiger partial charge in [0.05, 0.1) is 19.8 Å². The van der Waals surface area contributed by atoms with Gasteiger partial charge in [-0.25, -0.2) is 0 Å². The van der Waals surface area contributed by atoms with Crippen molar-refractivity contribution in [1.82, 2.24) is 10.2 Å². The van der Waals surface area contributed by atoms with E-state index in [9.17, 15) is 4.79 Å². The Morgan fingerprint density at radius 2 is 2.04 bits per heavy atom.